The number of fused-ring (bicyclic) bond motifs is 19. The molecule has 0 spiro atoms. The summed E-state index contributed by atoms with van der Waals surface area (Å²) in [4.78, 5) is 61.8. The van der Waals surface area contributed by atoms with Crippen LogP contribution < -0.4 is 22.2 Å². The Hall–Kier alpha value is -6.14. The predicted octanol–water partition coefficient (Wildman–Crippen LogP) is 15.4. The molecule has 6 heteroatoms. The molecule has 0 amide bonds. The van der Waals surface area contributed by atoms with Crippen molar-refractivity contribution in [3.63, 3.8) is 0 Å². The Kier molecular flexibility index (Phi) is 12.1. The van der Waals surface area contributed by atoms with Crippen LogP contribution in [0.4, 0.5) is 0 Å². The number of unbranched alkanes of at least 4 members (excludes halogenated alkanes) is 8. The molecular formula is C60H62N2O4. The molecule has 0 atom stereocenters. The summed E-state index contributed by atoms with van der Waals surface area (Å²) < 4.78 is 3.26. The zero-order valence-electron chi connectivity index (χ0n) is 39.2. The number of aromatic nitrogens is 2. The van der Waals surface area contributed by atoms with Crippen molar-refractivity contribution in [2.45, 2.75) is 143 Å². The minimum atomic E-state index is -0.227. The highest BCUT2D eigenvalue weighted by Crippen LogP contribution is 2.45. The summed E-state index contributed by atoms with van der Waals surface area (Å²) in [6.45, 7) is 8.75. The number of nitrogens with zero attached hydrogens (tertiary/aromatic N) is 2. The van der Waals surface area contributed by atoms with E-state index in [-0.39, 0.29) is 34.3 Å². The van der Waals surface area contributed by atoms with Crippen molar-refractivity contribution < 1.29 is 0 Å². The fraction of sp³-hybridized carbons (Fsp3) is 0.367. The second-order valence-electron chi connectivity index (χ2n) is 19.2. The molecule has 10 aromatic rings. The van der Waals surface area contributed by atoms with Gasteiger partial charge in [-0.3, -0.25) is 28.3 Å². The van der Waals surface area contributed by atoms with Crippen molar-refractivity contribution in [2.24, 2.45) is 0 Å². The first-order valence-corrected chi connectivity index (χ1v) is 25.2. The number of hydrogen-bond donors (Lipinski definition) is 0. The van der Waals surface area contributed by atoms with Gasteiger partial charge in [-0.15, -0.1) is 0 Å². The normalized spacial score (nSPS) is 12.5. The summed E-state index contributed by atoms with van der Waals surface area (Å²) >= 11 is 0. The van der Waals surface area contributed by atoms with Crippen LogP contribution in [-0.2, 0) is 0 Å². The molecule has 336 valence electrons. The van der Waals surface area contributed by atoms with Crippen LogP contribution in [0.1, 0.15) is 143 Å². The third kappa shape index (κ3) is 6.97. The molecule has 0 bridgehead atoms. The average Bonchev–Trinajstić information content (AvgIpc) is 3.76. The van der Waals surface area contributed by atoms with Crippen LogP contribution >= 0.6 is 0 Å². The van der Waals surface area contributed by atoms with E-state index >= 15 is 19.2 Å². The van der Waals surface area contributed by atoms with Crippen molar-refractivity contribution in [3.05, 3.63) is 138 Å². The van der Waals surface area contributed by atoms with Gasteiger partial charge >= 0.3 is 0 Å². The Balaban J connectivity index is 1.38. The van der Waals surface area contributed by atoms with Gasteiger partial charge in [0.15, 0.2) is 0 Å². The molecule has 66 heavy (non-hydrogen) atoms. The van der Waals surface area contributed by atoms with Gasteiger partial charge in [0.1, 0.15) is 0 Å². The van der Waals surface area contributed by atoms with E-state index in [9.17, 15) is 0 Å². The standard InChI is InChI=1S/C60H62N2O4/c1-5-9-13-23-39(24-14-10-6-2)61-57(63)53-49-41-27-19-17-21-37(41)29-31-43(49)45-33-36-48-47(51(45)55(53)59(61)65)35-34-46-44-32-30-38-22-18-20-28-42(38)50(44)54-56(52(46)48)60(66)62(58(54)64)40(25-15-11-7-3)26-16-12-8-4/h17-22,27-36,39-40H,5-16,23-26H2,1-4H3. The van der Waals surface area contributed by atoms with Crippen LogP contribution in [0, 0.1) is 0 Å². The molecule has 0 saturated heterocycles. The maximum atomic E-state index is 15.5. The van der Waals surface area contributed by atoms with Gasteiger partial charge in [-0.1, -0.05) is 202 Å². The minimum Gasteiger partial charge on any atom is -0.271 e. The first-order valence-electron chi connectivity index (χ1n) is 25.2. The molecule has 0 saturated carbocycles. The molecule has 10 rings (SSSR count). The van der Waals surface area contributed by atoms with Crippen LogP contribution in [-0.4, -0.2) is 9.13 Å². The summed E-state index contributed by atoms with van der Waals surface area (Å²) in [7, 11) is 0. The quantitative estimate of drug-likeness (QED) is 0.0635. The van der Waals surface area contributed by atoms with E-state index in [1.807, 2.05) is 24.3 Å². The zero-order valence-corrected chi connectivity index (χ0v) is 39.2. The van der Waals surface area contributed by atoms with Crippen LogP contribution in [0.25, 0.3) is 97.0 Å². The Morgan fingerprint density at radius 1 is 0.303 bits per heavy atom. The second-order valence-corrected chi connectivity index (χ2v) is 19.2. The maximum absolute atomic E-state index is 15.5. The highest BCUT2D eigenvalue weighted by molar-refractivity contribution is 6.40. The summed E-state index contributed by atoms with van der Waals surface area (Å²) in [5.74, 6) is 0. The molecule has 6 nitrogen and oxygen atoms in total. The molecule has 0 aliphatic heterocycles. The molecule has 2 aromatic heterocycles. The first kappa shape index (κ1) is 43.7. The van der Waals surface area contributed by atoms with Gasteiger partial charge < -0.3 is 0 Å². The highest BCUT2D eigenvalue weighted by atomic mass is 16.2. The van der Waals surface area contributed by atoms with Gasteiger partial charge in [-0.2, -0.15) is 0 Å². The van der Waals surface area contributed by atoms with Gasteiger partial charge in [-0.25, -0.2) is 0 Å². The van der Waals surface area contributed by atoms with Gasteiger partial charge in [0.05, 0.1) is 21.5 Å². The first-order chi connectivity index (χ1) is 32.3. The molecular weight excluding hydrogens is 813 g/mol. The van der Waals surface area contributed by atoms with Crippen LogP contribution in [0.3, 0.4) is 0 Å². The van der Waals surface area contributed by atoms with E-state index < -0.39 is 0 Å². The summed E-state index contributed by atoms with van der Waals surface area (Å²) in [6.07, 6.45) is 15.4. The SMILES string of the molecule is CCCCCC(CCCCC)n1c(=O)c2c(c1=O)c1c(ccc3c1ccc1c4ccc5ccccc5c4c4c(=O)n(C(CCCCC)CCCCC)c(=O)c4c13)c1ccc3ccccc3c12. The van der Waals surface area contributed by atoms with Gasteiger partial charge in [0, 0.05) is 33.6 Å². The molecule has 8 aromatic carbocycles. The monoisotopic (exact) mass is 874 g/mol. The molecule has 0 fully saturated rings. The summed E-state index contributed by atoms with van der Waals surface area (Å²) in [6, 6.07) is 32.8. The van der Waals surface area contributed by atoms with E-state index in [1.54, 1.807) is 9.13 Å². The lowest BCUT2D eigenvalue weighted by Crippen LogP contribution is -2.30. The number of rotatable bonds is 18. The highest BCUT2D eigenvalue weighted by Gasteiger charge is 2.29. The Bertz CT molecular complexity index is 3450. The fourth-order valence-electron chi connectivity index (χ4n) is 11.9. The van der Waals surface area contributed by atoms with Gasteiger partial charge in [0.2, 0.25) is 0 Å². The minimum absolute atomic E-state index is 0.201. The molecule has 0 aliphatic carbocycles. The predicted molar refractivity (Wildman–Crippen MR) is 282 cm³/mol. The lowest BCUT2D eigenvalue weighted by molar-refractivity contribution is 0.389. The Labute approximate surface area is 385 Å². The fourth-order valence-corrected chi connectivity index (χ4v) is 11.9. The van der Waals surface area contributed by atoms with Crippen molar-refractivity contribution in [1.29, 1.82) is 0 Å². The Morgan fingerprint density at radius 3 is 0.848 bits per heavy atom. The number of hydrogen-bond acceptors (Lipinski definition) is 4. The number of benzene rings is 8. The van der Waals surface area contributed by atoms with Crippen LogP contribution in [0.5, 0.6) is 0 Å². The smallest absolute Gasteiger partial charge is 0.262 e. The third-order valence-electron chi connectivity index (χ3n) is 15.2. The van der Waals surface area contributed by atoms with Crippen molar-refractivity contribution in [1.82, 2.24) is 9.13 Å². The molecule has 0 N–H and O–H groups in total. The van der Waals surface area contributed by atoms with Gasteiger partial charge in [-0.05, 0) is 79.5 Å². The lowest BCUT2D eigenvalue weighted by Gasteiger charge is -2.17. The van der Waals surface area contributed by atoms with E-state index in [1.165, 1.54) is 0 Å². The summed E-state index contributed by atoms with van der Waals surface area (Å²) in [5, 5.41) is 14.2. The van der Waals surface area contributed by atoms with E-state index in [0.717, 1.165) is 178 Å². The maximum Gasteiger partial charge on any atom is 0.262 e. The van der Waals surface area contributed by atoms with E-state index in [4.69, 9.17) is 0 Å². The molecule has 0 unspecified atom stereocenters. The summed E-state index contributed by atoms with van der Waals surface area (Å²) in [5.41, 5.74) is -0.868. The average molecular weight is 875 g/mol. The van der Waals surface area contributed by atoms with E-state index in [0.29, 0.717) is 21.5 Å². The van der Waals surface area contributed by atoms with Crippen LogP contribution in [0.15, 0.2) is 116 Å². The largest absolute Gasteiger partial charge is 0.271 e. The topological polar surface area (TPSA) is 78.1 Å². The van der Waals surface area contributed by atoms with Crippen molar-refractivity contribution in [3.8, 4) is 0 Å². The molecule has 2 heterocycles. The Morgan fingerprint density at radius 2 is 0.561 bits per heavy atom. The third-order valence-corrected chi connectivity index (χ3v) is 15.2. The van der Waals surface area contributed by atoms with Crippen LogP contribution in [0.2, 0.25) is 0 Å². The molecule has 0 radical (unpaired) electrons. The lowest BCUT2D eigenvalue weighted by atomic mass is 9.87. The second kappa shape index (κ2) is 18.3. The molecule has 0 aliphatic rings. The van der Waals surface area contributed by atoms with E-state index in [2.05, 4.69) is 100 Å². The van der Waals surface area contributed by atoms with Crippen molar-refractivity contribution >= 4 is 97.0 Å². The zero-order chi connectivity index (χ0) is 45.6. The van der Waals surface area contributed by atoms with Gasteiger partial charge in [0.25, 0.3) is 22.2 Å². The van der Waals surface area contributed by atoms with Crippen molar-refractivity contribution in [2.75, 3.05) is 0 Å².